The molecule has 176 valence electrons. The molecule has 2 aromatic carbocycles. The fourth-order valence-electron chi connectivity index (χ4n) is 3.60. The van der Waals surface area contributed by atoms with Crippen LogP contribution >= 0.6 is 0 Å². The molecule has 0 saturated heterocycles. The Bertz CT molecular complexity index is 1530. The second kappa shape index (κ2) is 8.79. The van der Waals surface area contributed by atoms with E-state index in [0.29, 0.717) is 34.1 Å². The van der Waals surface area contributed by atoms with Gasteiger partial charge in [-0.25, -0.2) is 8.42 Å². The number of aryl methyl sites for hydroxylation is 4. The fourth-order valence-corrected chi connectivity index (χ4v) is 4.92. The number of nitrogens with zero attached hydrogens (tertiary/aromatic N) is 3. The molecule has 4 rings (SSSR count). The molecule has 0 atom stereocenters. The fraction of sp³-hybridized carbons (Fsp3) is 0.208. The van der Waals surface area contributed by atoms with Gasteiger partial charge in [-0.2, -0.15) is 9.78 Å². The van der Waals surface area contributed by atoms with Crippen LogP contribution in [0.1, 0.15) is 22.6 Å². The van der Waals surface area contributed by atoms with E-state index in [1.807, 2.05) is 26.0 Å². The molecule has 0 saturated carbocycles. The highest BCUT2D eigenvalue weighted by molar-refractivity contribution is 7.92. The van der Waals surface area contributed by atoms with Gasteiger partial charge < -0.3 is 9.26 Å². The summed E-state index contributed by atoms with van der Waals surface area (Å²) in [6, 6.07) is 13.1. The first-order valence-corrected chi connectivity index (χ1v) is 11.9. The predicted octanol–water partition coefficient (Wildman–Crippen LogP) is 3.93. The van der Waals surface area contributed by atoms with Crippen LogP contribution in [0.25, 0.3) is 16.9 Å². The van der Waals surface area contributed by atoms with Crippen molar-refractivity contribution in [2.24, 2.45) is 0 Å². The Kier molecular flexibility index (Phi) is 6.01. The molecular formula is C24H24N4O5S. The van der Waals surface area contributed by atoms with Gasteiger partial charge in [0.1, 0.15) is 22.0 Å². The Balaban J connectivity index is 1.82. The zero-order valence-corrected chi connectivity index (χ0v) is 20.2. The number of ether oxygens (including phenoxy) is 1. The highest BCUT2D eigenvalue weighted by atomic mass is 32.2. The van der Waals surface area contributed by atoms with E-state index in [1.54, 1.807) is 32.0 Å². The molecule has 1 N–H and O–H groups in total. The van der Waals surface area contributed by atoms with Crippen molar-refractivity contribution in [2.75, 3.05) is 11.8 Å². The monoisotopic (exact) mass is 480 g/mol. The number of aromatic nitrogens is 3. The van der Waals surface area contributed by atoms with E-state index in [-0.39, 0.29) is 16.2 Å². The second-order valence-electron chi connectivity index (χ2n) is 7.93. The highest BCUT2D eigenvalue weighted by Gasteiger charge is 2.22. The topological polar surface area (TPSA) is 116 Å². The maximum absolute atomic E-state index is 13.3. The number of hydrogen-bond acceptors (Lipinski definition) is 7. The van der Waals surface area contributed by atoms with Gasteiger partial charge >= 0.3 is 0 Å². The van der Waals surface area contributed by atoms with Crippen molar-refractivity contribution < 1.29 is 17.7 Å². The Morgan fingerprint density at radius 3 is 2.44 bits per heavy atom. The molecule has 4 aromatic rings. The molecule has 0 aliphatic rings. The van der Waals surface area contributed by atoms with Gasteiger partial charge in [0, 0.05) is 11.6 Å². The minimum absolute atomic E-state index is 0.0507. The summed E-state index contributed by atoms with van der Waals surface area (Å²) in [7, 11) is -2.59. The Morgan fingerprint density at radius 1 is 1.00 bits per heavy atom. The van der Waals surface area contributed by atoms with Gasteiger partial charge in [-0.3, -0.25) is 9.52 Å². The van der Waals surface area contributed by atoms with Crippen molar-refractivity contribution in [1.29, 1.82) is 0 Å². The van der Waals surface area contributed by atoms with Crippen LogP contribution in [0.4, 0.5) is 5.69 Å². The van der Waals surface area contributed by atoms with Crippen LogP contribution in [-0.4, -0.2) is 30.5 Å². The molecule has 0 radical (unpaired) electrons. The third-order valence-electron chi connectivity index (χ3n) is 5.39. The smallest absolute Gasteiger partial charge is 0.271 e. The highest BCUT2D eigenvalue weighted by Crippen LogP contribution is 2.31. The Hall–Kier alpha value is -3.92. The van der Waals surface area contributed by atoms with Gasteiger partial charge in [-0.1, -0.05) is 17.3 Å². The summed E-state index contributed by atoms with van der Waals surface area (Å²) in [6.07, 6.45) is 0. The first-order chi connectivity index (χ1) is 16.1. The molecule has 10 heteroatoms. The molecule has 0 bridgehead atoms. The molecule has 2 aromatic heterocycles. The lowest BCUT2D eigenvalue weighted by atomic mass is 10.1. The summed E-state index contributed by atoms with van der Waals surface area (Å²) in [5, 5.41) is 8.32. The third-order valence-corrected chi connectivity index (χ3v) is 6.78. The maximum Gasteiger partial charge on any atom is 0.271 e. The van der Waals surface area contributed by atoms with E-state index in [2.05, 4.69) is 15.0 Å². The lowest BCUT2D eigenvalue weighted by molar-refractivity contribution is 0.392. The zero-order chi connectivity index (χ0) is 24.6. The summed E-state index contributed by atoms with van der Waals surface area (Å²) < 4.78 is 41.0. The van der Waals surface area contributed by atoms with E-state index in [9.17, 15) is 13.2 Å². The number of benzene rings is 2. The summed E-state index contributed by atoms with van der Waals surface area (Å²) >= 11 is 0. The number of rotatable bonds is 6. The zero-order valence-electron chi connectivity index (χ0n) is 19.4. The second-order valence-corrected chi connectivity index (χ2v) is 9.58. The number of methoxy groups -OCH3 is 1. The molecule has 0 aliphatic heterocycles. The maximum atomic E-state index is 13.3. The third kappa shape index (κ3) is 4.32. The molecule has 0 aliphatic carbocycles. The Labute approximate surface area is 197 Å². The van der Waals surface area contributed by atoms with Crippen LogP contribution in [-0.2, 0) is 10.0 Å². The van der Waals surface area contributed by atoms with Crippen LogP contribution in [0.5, 0.6) is 5.75 Å². The van der Waals surface area contributed by atoms with Crippen molar-refractivity contribution in [3.63, 3.8) is 0 Å². The predicted molar refractivity (Wildman–Crippen MR) is 128 cm³/mol. The van der Waals surface area contributed by atoms with Gasteiger partial charge in [0.15, 0.2) is 5.76 Å². The molecule has 9 nitrogen and oxygen atoms in total. The van der Waals surface area contributed by atoms with Crippen molar-refractivity contribution in [3.8, 4) is 22.7 Å². The average Bonchev–Trinajstić information content (AvgIpc) is 3.14. The van der Waals surface area contributed by atoms with Crippen molar-refractivity contribution >= 4 is 15.7 Å². The van der Waals surface area contributed by atoms with Crippen molar-refractivity contribution in [3.05, 3.63) is 81.5 Å². The van der Waals surface area contributed by atoms with E-state index in [0.717, 1.165) is 11.1 Å². The average molecular weight is 481 g/mol. The molecule has 0 amide bonds. The summed E-state index contributed by atoms with van der Waals surface area (Å²) in [6.45, 7) is 7.11. The number of anilines is 1. The lowest BCUT2D eigenvalue weighted by Gasteiger charge is -2.15. The minimum atomic E-state index is -4.00. The largest absolute Gasteiger partial charge is 0.495 e. The molecular weight excluding hydrogens is 456 g/mol. The molecule has 0 spiro atoms. The van der Waals surface area contributed by atoms with Gasteiger partial charge in [0.25, 0.3) is 15.6 Å². The number of sulfonamides is 1. The quantitative estimate of drug-likeness (QED) is 0.444. The van der Waals surface area contributed by atoms with Crippen LogP contribution in [0, 0.1) is 27.7 Å². The van der Waals surface area contributed by atoms with Crippen LogP contribution in [0.2, 0.25) is 0 Å². The summed E-state index contributed by atoms with van der Waals surface area (Å²) in [5.41, 5.74) is 3.68. The van der Waals surface area contributed by atoms with E-state index >= 15 is 0 Å². The number of nitrogens with one attached hydrogen (secondary N) is 1. The molecule has 34 heavy (non-hydrogen) atoms. The molecule has 0 unspecified atom stereocenters. The van der Waals surface area contributed by atoms with E-state index < -0.39 is 10.0 Å². The first kappa shape index (κ1) is 23.2. The summed E-state index contributed by atoms with van der Waals surface area (Å²) in [5.74, 6) is 0.626. The van der Waals surface area contributed by atoms with E-state index in [1.165, 1.54) is 30.0 Å². The first-order valence-electron chi connectivity index (χ1n) is 10.4. The van der Waals surface area contributed by atoms with Crippen molar-refractivity contribution in [1.82, 2.24) is 14.9 Å². The van der Waals surface area contributed by atoms with Crippen LogP contribution < -0.4 is 15.0 Å². The van der Waals surface area contributed by atoms with Gasteiger partial charge in [-0.05, 0) is 69.2 Å². The van der Waals surface area contributed by atoms with Gasteiger partial charge in [-0.15, -0.1) is 0 Å². The minimum Gasteiger partial charge on any atom is -0.495 e. The summed E-state index contributed by atoms with van der Waals surface area (Å²) in [4.78, 5) is 12.4. The molecule has 2 heterocycles. The SMILES string of the molecule is COc1ccc(-c2ccc(=O)n(-c3c(C)noc3C)n2)cc1S(=O)(=O)Nc1cc(C)ccc1C. The Morgan fingerprint density at radius 2 is 1.76 bits per heavy atom. The normalized spacial score (nSPS) is 11.4. The lowest BCUT2D eigenvalue weighted by Crippen LogP contribution is -2.21. The standard InChI is InChI=1S/C24H24N4O5S/c1-14-6-7-15(2)20(12-14)27-34(30,31)22-13-18(8-10-21(22)32-5)19-9-11-23(29)28(25-19)24-16(3)26-33-17(24)4/h6-13,27H,1-5H3. The van der Waals surface area contributed by atoms with Crippen LogP contribution in [0.3, 0.4) is 0 Å². The van der Waals surface area contributed by atoms with Crippen LogP contribution in [0.15, 0.2) is 62.7 Å². The number of hydrogen-bond donors (Lipinski definition) is 1. The van der Waals surface area contributed by atoms with Crippen molar-refractivity contribution in [2.45, 2.75) is 32.6 Å². The molecule has 0 fully saturated rings. The van der Waals surface area contributed by atoms with Gasteiger partial charge in [0.05, 0.1) is 18.5 Å². The van der Waals surface area contributed by atoms with Gasteiger partial charge in [0.2, 0.25) is 0 Å². The van der Waals surface area contributed by atoms with E-state index in [4.69, 9.17) is 9.26 Å².